The predicted octanol–water partition coefficient (Wildman–Crippen LogP) is 2.82. The van der Waals surface area contributed by atoms with Gasteiger partial charge in [0, 0.05) is 17.8 Å². The van der Waals surface area contributed by atoms with Crippen molar-refractivity contribution in [2.45, 2.75) is 31.6 Å². The predicted molar refractivity (Wildman–Crippen MR) is 119 cm³/mol. The Balaban J connectivity index is 1.87. The monoisotopic (exact) mass is 448 g/mol. The highest BCUT2D eigenvalue weighted by atomic mass is 16.6. The zero-order valence-corrected chi connectivity index (χ0v) is 18.3. The first-order chi connectivity index (χ1) is 15.9. The van der Waals surface area contributed by atoms with Crippen LogP contribution >= 0.6 is 0 Å². The van der Waals surface area contributed by atoms with Crippen molar-refractivity contribution < 1.29 is 28.9 Å². The number of ether oxygens (including phenoxy) is 3. The number of carbonyl (C=O) groups is 1. The quantitative estimate of drug-likeness (QED) is 0.274. The topological polar surface area (TPSA) is 118 Å². The molecule has 33 heavy (non-hydrogen) atoms. The molecule has 2 aromatic rings. The Labute approximate surface area is 191 Å². The Morgan fingerprint density at radius 2 is 2.03 bits per heavy atom. The van der Waals surface area contributed by atoms with Gasteiger partial charge in [-0.2, -0.15) is 5.26 Å². The van der Waals surface area contributed by atoms with Gasteiger partial charge < -0.3 is 24.6 Å². The summed E-state index contributed by atoms with van der Waals surface area (Å²) in [6.07, 6.45) is 1.61. The molecule has 0 saturated heterocycles. The second-order valence-electron chi connectivity index (χ2n) is 7.86. The normalized spacial score (nSPS) is 18.7. The van der Waals surface area contributed by atoms with Crippen molar-refractivity contribution in [2.24, 2.45) is 0 Å². The molecule has 2 aromatic carbocycles. The van der Waals surface area contributed by atoms with Gasteiger partial charge in [0.05, 0.1) is 29.8 Å². The van der Waals surface area contributed by atoms with E-state index in [4.69, 9.17) is 14.2 Å². The van der Waals surface area contributed by atoms with Crippen LogP contribution in [0.15, 0.2) is 66.6 Å². The van der Waals surface area contributed by atoms with E-state index in [0.717, 1.165) is 6.08 Å². The first-order valence-corrected chi connectivity index (χ1v) is 10.3. The average Bonchev–Trinajstić information content (AvgIpc) is 2.82. The van der Waals surface area contributed by atoms with Gasteiger partial charge in [0.2, 0.25) is 0 Å². The number of carbonyl (C=O) groups excluding carboxylic acids is 2. The summed E-state index contributed by atoms with van der Waals surface area (Å²) in [6.45, 7) is 3.38. The molecular formula is C25H24N2O6. The molecule has 2 N–H and O–H groups in total. The van der Waals surface area contributed by atoms with Gasteiger partial charge in [-0.25, -0.2) is 9.59 Å². The third-order valence-electron chi connectivity index (χ3n) is 5.06. The van der Waals surface area contributed by atoms with Gasteiger partial charge in [-0.15, -0.1) is 0 Å². The summed E-state index contributed by atoms with van der Waals surface area (Å²) in [6, 6.07) is 14.8. The van der Waals surface area contributed by atoms with Crippen molar-refractivity contribution in [3.63, 3.8) is 0 Å². The number of hydrogen-bond donors (Lipinski definition) is 2. The Bertz CT molecular complexity index is 1110. The average molecular weight is 448 g/mol. The maximum absolute atomic E-state index is 12.5. The van der Waals surface area contributed by atoms with Crippen LogP contribution in [0, 0.1) is 11.3 Å². The number of nitrogens with zero attached hydrogens (tertiary/aromatic N) is 1. The van der Waals surface area contributed by atoms with Gasteiger partial charge in [0.25, 0.3) is 0 Å². The van der Waals surface area contributed by atoms with Crippen molar-refractivity contribution >= 4 is 11.9 Å². The number of benzene rings is 2. The lowest BCUT2D eigenvalue weighted by Gasteiger charge is -2.42. The fraction of sp³-hybridized carbons (Fsp3) is 0.280. The van der Waals surface area contributed by atoms with Gasteiger partial charge >= 0.3 is 5.97 Å². The van der Waals surface area contributed by atoms with E-state index in [1.54, 1.807) is 68.3 Å². The molecule has 3 rings (SSSR count). The van der Waals surface area contributed by atoms with E-state index in [0.29, 0.717) is 22.4 Å². The van der Waals surface area contributed by atoms with Crippen molar-refractivity contribution in [1.29, 1.82) is 5.26 Å². The summed E-state index contributed by atoms with van der Waals surface area (Å²) in [5.41, 5.74) is 0.446. The van der Waals surface area contributed by atoms with Crippen LogP contribution in [-0.2, 0) is 14.3 Å². The van der Waals surface area contributed by atoms with E-state index in [-0.39, 0.29) is 19.0 Å². The highest BCUT2D eigenvalue weighted by Gasteiger charge is 2.42. The number of fused-ring (bicyclic) bond motifs is 1. The van der Waals surface area contributed by atoms with Crippen LogP contribution in [0.2, 0.25) is 0 Å². The van der Waals surface area contributed by atoms with Crippen molar-refractivity contribution in [1.82, 2.24) is 5.32 Å². The van der Waals surface area contributed by atoms with Crippen LogP contribution in [0.4, 0.5) is 0 Å². The molecule has 1 aliphatic heterocycles. The summed E-state index contributed by atoms with van der Waals surface area (Å²) >= 11 is 0. The molecule has 0 bridgehead atoms. The molecule has 8 heteroatoms. The molecule has 0 unspecified atom stereocenters. The minimum absolute atomic E-state index is 0.00891. The van der Waals surface area contributed by atoms with Crippen LogP contribution in [0.5, 0.6) is 5.75 Å². The highest BCUT2D eigenvalue weighted by molar-refractivity contribution is 5.90. The highest BCUT2D eigenvalue weighted by Crippen LogP contribution is 2.40. The molecule has 0 spiro atoms. The Morgan fingerprint density at radius 1 is 1.27 bits per heavy atom. The Kier molecular flexibility index (Phi) is 7.65. The second kappa shape index (κ2) is 10.6. The van der Waals surface area contributed by atoms with Crippen LogP contribution < -0.4 is 10.1 Å². The molecule has 0 fully saturated rings. The Hall–Kier alpha value is -3.89. The van der Waals surface area contributed by atoms with Crippen molar-refractivity contribution in [3.8, 4) is 11.8 Å². The second-order valence-corrected chi connectivity index (χ2v) is 7.86. The maximum atomic E-state index is 12.5. The first-order valence-electron chi connectivity index (χ1n) is 10.3. The van der Waals surface area contributed by atoms with E-state index >= 15 is 0 Å². The van der Waals surface area contributed by atoms with E-state index in [2.05, 4.69) is 11.4 Å². The Morgan fingerprint density at radius 3 is 2.73 bits per heavy atom. The van der Waals surface area contributed by atoms with Crippen molar-refractivity contribution in [3.05, 3.63) is 83.3 Å². The van der Waals surface area contributed by atoms with Crippen LogP contribution in [0.1, 0.15) is 41.4 Å². The van der Waals surface area contributed by atoms with Crippen LogP contribution in [-0.4, -0.2) is 41.9 Å². The van der Waals surface area contributed by atoms with Gasteiger partial charge in [-0.1, -0.05) is 18.2 Å². The third-order valence-corrected chi connectivity index (χ3v) is 5.06. The van der Waals surface area contributed by atoms with Crippen LogP contribution in [0.3, 0.4) is 0 Å². The number of nitriles is 1. The summed E-state index contributed by atoms with van der Waals surface area (Å²) in [4.78, 5) is 22.9. The fourth-order valence-corrected chi connectivity index (χ4v) is 3.34. The number of nitrogens with one attached hydrogen (secondary N) is 1. The molecule has 0 aliphatic carbocycles. The molecular weight excluding hydrogens is 424 g/mol. The van der Waals surface area contributed by atoms with E-state index in [1.165, 1.54) is 6.20 Å². The van der Waals surface area contributed by atoms with Gasteiger partial charge in [-0.3, -0.25) is 0 Å². The lowest BCUT2D eigenvalue weighted by molar-refractivity contribution is -0.0623. The molecule has 2 atom stereocenters. The molecule has 8 nitrogen and oxygen atoms in total. The molecule has 0 aromatic heterocycles. The summed E-state index contributed by atoms with van der Waals surface area (Å²) in [5, 5.41) is 23.3. The molecule has 1 heterocycles. The van der Waals surface area contributed by atoms with Crippen LogP contribution in [0.25, 0.3) is 0 Å². The minimum atomic E-state index is -0.986. The SMILES string of the molecule is CC1(C)Oc2ccc(C#N)cc2[C@@H](NC=C(COCC=C=O)OC(=O)c2ccccc2)[C@@H]1O. The number of esters is 1. The largest absolute Gasteiger partial charge is 0.485 e. The number of aliphatic hydroxyl groups excluding tert-OH is 1. The minimum Gasteiger partial charge on any atom is -0.485 e. The molecule has 0 radical (unpaired) electrons. The van der Waals surface area contributed by atoms with E-state index in [1.807, 2.05) is 0 Å². The summed E-state index contributed by atoms with van der Waals surface area (Å²) in [7, 11) is 0. The lowest BCUT2D eigenvalue weighted by Crippen LogP contribution is -2.51. The number of rotatable bonds is 8. The summed E-state index contributed by atoms with van der Waals surface area (Å²) < 4.78 is 16.7. The fourth-order valence-electron chi connectivity index (χ4n) is 3.34. The van der Waals surface area contributed by atoms with Gasteiger partial charge in [0.1, 0.15) is 35.8 Å². The first kappa shape index (κ1) is 23.8. The van der Waals surface area contributed by atoms with Crippen molar-refractivity contribution in [2.75, 3.05) is 13.2 Å². The summed E-state index contributed by atoms with van der Waals surface area (Å²) in [5.74, 6) is 1.70. The smallest absolute Gasteiger partial charge is 0.343 e. The molecule has 0 saturated carbocycles. The van der Waals surface area contributed by atoms with E-state index in [9.17, 15) is 20.0 Å². The number of hydrogen-bond acceptors (Lipinski definition) is 8. The zero-order valence-electron chi connectivity index (χ0n) is 18.3. The lowest BCUT2D eigenvalue weighted by atomic mass is 9.86. The molecule has 170 valence electrons. The molecule has 1 aliphatic rings. The van der Waals surface area contributed by atoms with E-state index < -0.39 is 23.7 Å². The molecule has 0 amide bonds. The van der Waals surface area contributed by atoms with Gasteiger partial charge in [-0.05, 0) is 44.2 Å². The third kappa shape index (κ3) is 5.88. The number of aliphatic hydroxyl groups is 1. The zero-order chi connectivity index (χ0) is 23.8. The standard InChI is InChI=1S/C25H24N2O6/c1-25(2)23(29)22(20-13-17(14-26)9-10-21(20)33-25)27-15-19(16-31-12-6-11-28)32-24(30)18-7-4-3-5-8-18/h3-10,13,15,22-23,27,29H,12,16H2,1-2H3/t22-,23+/m1/s1. The van der Waals surface area contributed by atoms with Gasteiger partial charge in [0.15, 0.2) is 0 Å². The maximum Gasteiger partial charge on any atom is 0.343 e.